The number of hydrogen-bond acceptors (Lipinski definition) is 5. The van der Waals surface area contributed by atoms with Crippen LogP contribution in [0.1, 0.15) is 23.2 Å². The van der Waals surface area contributed by atoms with Gasteiger partial charge < -0.3 is 15.0 Å². The molecule has 0 saturated carbocycles. The number of carbonyl (C=O) groups excluding carboxylic acids is 1. The Bertz CT molecular complexity index is 967. The smallest absolute Gasteiger partial charge is 0.256 e. The number of hydrogen-bond donors (Lipinski definition) is 1. The van der Waals surface area contributed by atoms with Crippen molar-refractivity contribution in [1.29, 1.82) is 0 Å². The Kier molecular flexibility index (Phi) is 4.82. The predicted molar refractivity (Wildman–Crippen MR) is 110 cm³/mol. The van der Waals surface area contributed by atoms with Crippen LogP contribution >= 0.6 is 27.3 Å². The van der Waals surface area contributed by atoms with Gasteiger partial charge in [0.05, 0.1) is 22.9 Å². The molecule has 0 aliphatic carbocycles. The number of methoxy groups -OCH3 is 1. The first-order valence-corrected chi connectivity index (χ1v) is 10.1. The molecule has 2 aromatic carbocycles. The van der Waals surface area contributed by atoms with E-state index in [1.165, 1.54) is 12.8 Å². The molecule has 134 valence electrons. The van der Waals surface area contributed by atoms with Crippen molar-refractivity contribution in [3.63, 3.8) is 0 Å². The number of nitrogens with one attached hydrogen (secondary N) is 1. The summed E-state index contributed by atoms with van der Waals surface area (Å²) in [6.07, 6.45) is 2.46. The molecule has 0 bridgehead atoms. The standard InChI is InChI=1S/C19H18BrN3O2S/c1-25-13-5-6-15(20)14(11-13)18(24)21-12-4-7-16-17(10-12)26-19(22-16)23-8-2-3-9-23/h4-7,10-11H,2-3,8-9H2,1H3,(H,21,24). The van der Waals surface area contributed by atoms with Gasteiger partial charge in [-0.1, -0.05) is 11.3 Å². The number of nitrogens with zero attached hydrogens (tertiary/aromatic N) is 2. The molecule has 5 nitrogen and oxygen atoms in total. The SMILES string of the molecule is COc1ccc(Br)c(C(=O)Nc2ccc3nc(N4CCCC4)sc3c2)c1. The van der Waals surface area contributed by atoms with E-state index < -0.39 is 0 Å². The maximum absolute atomic E-state index is 12.6. The van der Waals surface area contributed by atoms with Crippen molar-refractivity contribution in [3.05, 3.63) is 46.4 Å². The summed E-state index contributed by atoms with van der Waals surface area (Å²) in [5, 5.41) is 4.03. The van der Waals surface area contributed by atoms with Crippen LogP contribution in [0, 0.1) is 0 Å². The molecule has 0 spiro atoms. The Hall–Kier alpha value is -2.12. The number of thiazole rings is 1. The summed E-state index contributed by atoms with van der Waals surface area (Å²) >= 11 is 5.10. The van der Waals surface area contributed by atoms with Crippen LogP contribution in [0.4, 0.5) is 10.8 Å². The van der Waals surface area contributed by atoms with Gasteiger partial charge in [-0.3, -0.25) is 4.79 Å². The molecule has 26 heavy (non-hydrogen) atoms. The zero-order valence-electron chi connectivity index (χ0n) is 14.3. The average molecular weight is 432 g/mol. The maximum Gasteiger partial charge on any atom is 0.256 e. The lowest BCUT2D eigenvalue weighted by Crippen LogP contribution is -2.16. The van der Waals surface area contributed by atoms with Gasteiger partial charge in [0, 0.05) is 23.2 Å². The number of benzene rings is 2. The Morgan fingerprint density at radius 2 is 2.04 bits per heavy atom. The number of rotatable bonds is 4. The first-order chi connectivity index (χ1) is 12.6. The van der Waals surface area contributed by atoms with Gasteiger partial charge in [0.2, 0.25) is 0 Å². The first kappa shape index (κ1) is 17.3. The summed E-state index contributed by atoms with van der Waals surface area (Å²) in [4.78, 5) is 19.7. The van der Waals surface area contributed by atoms with Crippen LogP contribution in [-0.4, -0.2) is 31.1 Å². The highest BCUT2D eigenvalue weighted by Crippen LogP contribution is 2.32. The van der Waals surface area contributed by atoms with Crippen LogP contribution in [0.2, 0.25) is 0 Å². The van der Waals surface area contributed by atoms with E-state index in [1.54, 1.807) is 24.5 Å². The van der Waals surface area contributed by atoms with Gasteiger partial charge in [-0.15, -0.1) is 0 Å². The van der Waals surface area contributed by atoms with Gasteiger partial charge in [-0.25, -0.2) is 4.98 Å². The van der Waals surface area contributed by atoms with Gasteiger partial charge in [0.25, 0.3) is 5.91 Å². The third-order valence-electron chi connectivity index (χ3n) is 4.43. The van der Waals surface area contributed by atoms with E-state index in [4.69, 9.17) is 9.72 Å². The summed E-state index contributed by atoms with van der Waals surface area (Å²) in [6, 6.07) is 11.2. The fourth-order valence-electron chi connectivity index (χ4n) is 3.04. The number of anilines is 2. The highest BCUT2D eigenvalue weighted by Gasteiger charge is 2.17. The minimum absolute atomic E-state index is 0.181. The fraction of sp³-hybridized carbons (Fsp3) is 0.263. The number of halogens is 1. The van der Waals surface area contributed by atoms with E-state index >= 15 is 0 Å². The lowest BCUT2D eigenvalue weighted by molar-refractivity contribution is 0.102. The summed E-state index contributed by atoms with van der Waals surface area (Å²) < 4.78 is 7.01. The number of aromatic nitrogens is 1. The zero-order chi connectivity index (χ0) is 18.1. The van der Waals surface area contributed by atoms with E-state index in [2.05, 4.69) is 26.1 Å². The molecule has 3 aromatic rings. The van der Waals surface area contributed by atoms with E-state index in [0.29, 0.717) is 11.3 Å². The van der Waals surface area contributed by atoms with E-state index in [9.17, 15) is 4.79 Å². The number of ether oxygens (including phenoxy) is 1. The monoisotopic (exact) mass is 431 g/mol. The minimum Gasteiger partial charge on any atom is -0.497 e. The molecule has 0 atom stereocenters. The average Bonchev–Trinajstić information content (AvgIpc) is 3.31. The minimum atomic E-state index is -0.181. The molecule has 1 amide bonds. The van der Waals surface area contributed by atoms with Crippen LogP contribution in [0.25, 0.3) is 10.2 Å². The van der Waals surface area contributed by atoms with Crippen LogP contribution in [0.3, 0.4) is 0 Å². The van der Waals surface area contributed by atoms with Crippen LogP contribution in [0.15, 0.2) is 40.9 Å². The van der Waals surface area contributed by atoms with Crippen LogP contribution < -0.4 is 15.0 Å². The summed E-state index contributed by atoms with van der Waals surface area (Å²) in [6.45, 7) is 2.15. The lowest BCUT2D eigenvalue weighted by Gasteiger charge is -2.11. The topological polar surface area (TPSA) is 54.5 Å². The molecule has 2 heterocycles. The molecule has 0 unspecified atom stereocenters. The van der Waals surface area contributed by atoms with E-state index in [-0.39, 0.29) is 5.91 Å². The number of fused-ring (bicyclic) bond motifs is 1. The fourth-order valence-corrected chi connectivity index (χ4v) is 4.52. The van der Waals surface area contributed by atoms with Crippen molar-refractivity contribution in [2.75, 3.05) is 30.4 Å². The maximum atomic E-state index is 12.6. The van der Waals surface area contributed by atoms with Gasteiger partial charge in [-0.2, -0.15) is 0 Å². The summed E-state index contributed by atoms with van der Waals surface area (Å²) in [7, 11) is 1.58. The Balaban J connectivity index is 1.58. The molecule has 0 radical (unpaired) electrons. The van der Waals surface area contributed by atoms with Crippen LogP contribution in [0.5, 0.6) is 5.75 Å². The van der Waals surface area contributed by atoms with Crippen molar-refractivity contribution < 1.29 is 9.53 Å². The Morgan fingerprint density at radius 1 is 1.23 bits per heavy atom. The second-order valence-electron chi connectivity index (χ2n) is 6.17. The zero-order valence-corrected chi connectivity index (χ0v) is 16.7. The molecule has 1 saturated heterocycles. The highest BCUT2D eigenvalue weighted by atomic mass is 79.9. The Morgan fingerprint density at radius 3 is 2.81 bits per heavy atom. The second kappa shape index (κ2) is 7.25. The molecular weight excluding hydrogens is 414 g/mol. The first-order valence-electron chi connectivity index (χ1n) is 8.44. The summed E-state index contributed by atoms with van der Waals surface area (Å²) in [5.41, 5.74) is 2.26. The van der Waals surface area contributed by atoms with Gasteiger partial charge in [0.15, 0.2) is 5.13 Å². The molecule has 1 N–H and O–H groups in total. The van der Waals surface area contributed by atoms with E-state index in [1.807, 2.05) is 30.3 Å². The highest BCUT2D eigenvalue weighted by molar-refractivity contribution is 9.10. The van der Waals surface area contributed by atoms with Crippen molar-refractivity contribution in [2.45, 2.75) is 12.8 Å². The molecule has 1 aromatic heterocycles. The molecule has 1 aliphatic rings. The molecule has 1 aliphatic heterocycles. The van der Waals surface area contributed by atoms with Gasteiger partial charge in [0.1, 0.15) is 5.75 Å². The van der Waals surface area contributed by atoms with Crippen molar-refractivity contribution in [1.82, 2.24) is 4.98 Å². The van der Waals surface area contributed by atoms with Gasteiger partial charge in [-0.05, 0) is 65.2 Å². The molecular formula is C19H18BrN3O2S. The van der Waals surface area contributed by atoms with Crippen LogP contribution in [-0.2, 0) is 0 Å². The Labute approximate surface area is 164 Å². The molecule has 7 heteroatoms. The van der Waals surface area contributed by atoms with Crippen molar-refractivity contribution in [3.8, 4) is 5.75 Å². The predicted octanol–water partition coefficient (Wildman–Crippen LogP) is 4.92. The summed E-state index contributed by atoms with van der Waals surface area (Å²) in [5.74, 6) is 0.464. The van der Waals surface area contributed by atoms with Crippen molar-refractivity contribution in [2.24, 2.45) is 0 Å². The number of carbonyl (C=O) groups is 1. The molecule has 4 rings (SSSR count). The largest absolute Gasteiger partial charge is 0.497 e. The quantitative estimate of drug-likeness (QED) is 0.636. The third kappa shape index (κ3) is 3.41. The second-order valence-corrected chi connectivity index (χ2v) is 8.04. The van der Waals surface area contributed by atoms with E-state index in [0.717, 1.165) is 38.6 Å². The molecule has 1 fully saturated rings. The lowest BCUT2D eigenvalue weighted by atomic mass is 10.2. The number of amides is 1. The van der Waals surface area contributed by atoms with Crippen molar-refractivity contribution >= 4 is 54.2 Å². The van der Waals surface area contributed by atoms with Gasteiger partial charge >= 0.3 is 0 Å². The third-order valence-corrected chi connectivity index (χ3v) is 6.20. The normalized spacial score (nSPS) is 14.0.